The molecular formula is C23H22FN3O4. The standard InChI is InChI=1S/C23H22FN3O4/c24-17-7-5-16(6-8-17)15-21(29)26-13-11-25(12-14-26)20(28)9-10-27-22(30)18-3-1-2-4-19(18)23(27)31/h1-8H,9-15H2. The van der Waals surface area contributed by atoms with Gasteiger partial charge in [0.05, 0.1) is 17.5 Å². The number of carbonyl (C=O) groups is 4. The third-order valence-electron chi connectivity index (χ3n) is 5.68. The van der Waals surface area contributed by atoms with Gasteiger partial charge in [-0.15, -0.1) is 0 Å². The number of imide groups is 1. The van der Waals surface area contributed by atoms with E-state index in [1.807, 2.05) is 0 Å². The molecule has 2 aliphatic rings. The minimum absolute atomic E-state index is 0.0366. The Morgan fingerprint density at radius 1 is 0.774 bits per heavy atom. The van der Waals surface area contributed by atoms with Crippen LogP contribution in [-0.4, -0.2) is 71.1 Å². The van der Waals surface area contributed by atoms with Gasteiger partial charge >= 0.3 is 0 Å². The van der Waals surface area contributed by atoms with E-state index in [0.29, 0.717) is 37.3 Å². The molecule has 0 atom stereocenters. The molecule has 4 rings (SSSR count). The first-order valence-corrected chi connectivity index (χ1v) is 10.2. The maximum absolute atomic E-state index is 13.0. The molecule has 160 valence electrons. The summed E-state index contributed by atoms with van der Waals surface area (Å²) in [4.78, 5) is 54.3. The maximum Gasteiger partial charge on any atom is 0.261 e. The number of amides is 4. The summed E-state index contributed by atoms with van der Waals surface area (Å²) < 4.78 is 13.0. The number of carbonyl (C=O) groups excluding carboxylic acids is 4. The molecular weight excluding hydrogens is 401 g/mol. The second-order valence-electron chi connectivity index (χ2n) is 7.62. The minimum Gasteiger partial charge on any atom is -0.339 e. The fraction of sp³-hybridized carbons (Fsp3) is 0.304. The van der Waals surface area contributed by atoms with Crippen molar-refractivity contribution < 1.29 is 23.6 Å². The number of hydrogen-bond donors (Lipinski definition) is 0. The fourth-order valence-corrected chi connectivity index (χ4v) is 3.90. The minimum atomic E-state index is -0.371. The quantitative estimate of drug-likeness (QED) is 0.687. The average Bonchev–Trinajstić information content (AvgIpc) is 3.03. The SMILES string of the molecule is O=C(CCN1C(=O)c2ccccc2C1=O)N1CCN(C(=O)Cc2ccc(F)cc2)CC1. The Morgan fingerprint density at radius 3 is 1.84 bits per heavy atom. The van der Waals surface area contributed by atoms with E-state index in [1.54, 1.807) is 46.2 Å². The van der Waals surface area contributed by atoms with Crippen molar-refractivity contribution >= 4 is 23.6 Å². The normalized spacial score (nSPS) is 16.0. The van der Waals surface area contributed by atoms with E-state index in [9.17, 15) is 23.6 Å². The summed E-state index contributed by atoms with van der Waals surface area (Å²) in [6.07, 6.45) is 0.239. The molecule has 0 spiro atoms. The van der Waals surface area contributed by atoms with Crippen LogP contribution < -0.4 is 0 Å². The number of benzene rings is 2. The topological polar surface area (TPSA) is 78.0 Å². The molecule has 1 saturated heterocycles. The Kier molecular flexibility index (Phi) is 5.79. The average molecular weight is 423 g/mol. The first-order valence-electron chi connectivity index (χ1n) is 10.2. The van der Waals surface area contributed by atoms with E-state index < -0.39 is 0 Å². The molecule has 0 unspecified atom stereocenters. The number of rotatable bonds is 5. The second-order valence-corrected chi connectivity index (χ2v) is 7.62. The summed E-state index contributed by atoms with van der Waals surface area (Å²) >= 11 is 0. The molecule has 2 heterocycles. The van der Waals surface area contributed by atoms with Gasteiger partial charge in [0.15, 0.2) is 0 Å². The van der Waals surface area contributed by atoms with Gasteiger partial charge in [-0.05, 0) is 29.8 Å². The molecule has 0 saturated carbocycles. The van der Waals surface area contributed by atoms with Crippen molar-refractivity contribution in [2.24, 2.45) is 0 Å². The lowest BCUT2D eigenvalue weighted by atomic mass is 10.1. The molecule has 0 radical (unpaired) electrons. The zero-order valence-electron chi connectivity index (χ0n) is 16.9. The third-order valence-corrected chi connectivity index (χ3v) is 5.68. The summed E-state index contributed by atoms with van der Waals surface area (Å²) in [5.74, 6) is -1.30. The van der Waals surface area contributed by atoms with Crippen LogP contribution in [0.4, 0.5) is 4.39 Å². The smallest absolute Gasteiger partial charge is 0.261 e. The van der Waals surface area contributed by atoms with Crippen molar-refractivity contribution in [3.63, 3.8) is 0 Å². The van der Waals surface area contributed by atoms with Crippen LogP contribution in [0.25, 0.3) is 0 Å². The van der Waals surface area contributed by atoms with Gasteiger partial charge in [-0.3, -0.25) is 24.1 Å². The predicted molar refractivity (Wildman–Crippen MR) is 110 cm³/mol. The van der Waals surface area contributed by atoms with Gasteiger partial charge in [0.2, 0.25) is 11.8 Å². The summed E-state index contributed by atoms with van der Waals surface area (Å²) in [7, 11) is 0. The Morgan fingerprint density at radius 2 is 1.29 bits per heavy atom. The van der Waals surface area contributed by atoms with Crippen molar-refractivity contribution in [1.82, 2.24) is 14.7 Å². The van der Waals surface area contributed by atoms with Gasteiger partial charge in [-0.2, -0.15) is 0 Å². The number of halogens is 1. The molecule has 1 fully saturated rings. The van der Waals surface area contributed by atoms with Gasteiger partial charge in [-0.25, -0.2) is 4.39 Å². The second kappa shape index (κ2) is 8.67. The zero-order chi connectivity index (χ0) is 22.0. The molecule has 2 aliphatic heterocycles. The van der Waals surface area contributed by atoms with Crippen LogP contribution >= 0.6 is 0 Å². The van der Waals surface area contributed by atoms with Gasteiger partial charge in [0.25, 0.3) is 11.8 Å². The van der Waals surface area contributed by atoms with Crippen LogP contribution in [-0.2, 0) is 16.0 Å². The van der Waals surface area contributed by atoms with E-state index >= 15 is 0 Å². The molecule has 0 aliphatic carbocycles. The number of hydrogen-bond acceptors (Lipinski definition) is 4. The highest BCUT2D eigenvalue weighted by Gasteiger charge is 2.35. The molecule has 31 heavy (non-hydrogen) atoms. The molecule has 2 aromatic carbocycles. The van der Waals surface area contributed by atoms with Crippen LogP contribution in [0.2, 0.25) is 0 Å². The molecule has 4 amide bonds. The molecule has 0 bridgehead atoms. The highest BCUT2D eigenvalue weighted by atomic mass is 19.1. The Bertz CT molecular complexity index is 994. The highest BCUT2D eigenvalue weighted by Crippen LogP contribution is 2.22. The summed E-state index contributed by atoms with van der Waals surface area (Å²) in [5, 5.41) is 0. The summed E-state index contributed by atoms with van der Waals surface area (Å²) in [6, 6.07) is 12.5. The van der Waals surface area contributed by atoms with Crippen molar-refractivity contribution in [3.8, 4) is 0 Å². The molecule has 8 heteroatoms. The first kappa shape index (κ1) is 20.7. The summed E-state index contributed by atoms with van der Waals surface area (Å²) in [5.41, 5.74) is 1.48. The fourth-order valence-electron chi connectivity index (χ4n) is 3.90. The maximum atomic E-state index is 13.0. The van der Waals surface area contributed by atoms with E-state index in [-0.39, 0.29) is 48.8 Å². The molecule has 0 N–H and O–H groups in total. The van der Waals surface area contributed by atoms with E-state index in [1.165, 1.54) is 12.1 Å². The molecule has 0 aromatic heterocycles. The van der Waals surface area contributed by atoms with Gasteiger partial charge in [-0.1, -0.05) is 24.3 Å². The van der Waals surface area contributed by atoms with Gasteiger partial charge in [0, 0.05) is 39.1 Å². The predicted octanol–water partition coefficient (Wildman–Crippen LogP) is 1.73. The van der Waals surface area contributed by atoms with E-state index in [4.69, 9.17) is 0 Å². The lowest BCUT2D eigenvalue weighted by Gasteiger charge is -2.35. The van der Waals surface area contributed by atoms with Crippen molar-refractivity contribution in [2.75, 3.05) is 32.7 Å². The van der Waals surface area contributed by atoms with Crippen LogP contribution in [0.15, 0.2) is 48.5 Å². The van der Waals surface area contributed by atoms with Gasteiger partial charge in [0.1, 0.15) is 5.82 Å². The van der Waals surface area contributed by atoms with Crippen molar-refractivity contribution in [1.29, 1.82) is 0 Å². The van der Waals surface area contributed by atoms with E-state index in [0.717, 1.165) is 10.5 Å². The Labute approximate surface area is 179 Å². The lowest BCUT2D eigenvalue weighted by Crippen LogP contribution is -2.51. The highest BCUT2D eigenvalue weighted by molar-refractivity contribution is 6.21. The van der Waals surface area contributed by atoms with Crippen LogP contribution in [0.1, 0.15) is 32.7 Å². The number of fused-ring (bicyclic) bond motifs is 1. The molecule has 2 aromatic rings. The largest absolute Gasteiger partial charge is 0.339 e. The van der Waals surface area contributed by atoms with Crippen molar-refractivity contribution in [3.05, 3.63) is 71.0 Å². The Hall–Kier alpha value is -3.55. The van der Waals surface area contributed by atoms with E-state index in [2.05, 4.69) is 0 Å². The number of nitrogens with zero attached hydrogens (tertiary/aromatic N) is 3. The zero-order valence-corrected chi connectivity index (χ0v) is 16.9. The van der Waals surface area contributed by atoms with Crippen molar-refractivity contribution in [2.45, 2.75) is 12.8 Å². The van der Waals surface area contributed by atoms with Crippen LogP contribution in [0, 0.1) is 5.82 Å². The van der Waals surface area contributed by atoms with Crippen LogP contribution in [0.3, 0.4) is 0 Å². The number of piperazine rings is 1. The first-order chi connectivity index (χ1) is 14.9. The monoisotopic (exact) mass is 423 g/mol. The third kappa shape index (κ3) is 4.33. The Balaban J connectivity index is 1.25. The van der Waals surface area contributed by atoms with Gasteiger partial charge < -0.3 is 9.80 Å². The molecule has 7 nitrogen and oxygen atoms in total. The summed E-state index contributed by atoms with van der Waals surface area (Å²) in [6.45, 7) is 1.67. The lowest BCUT2D eigenvalue weighted by molar-refractivity contribution is -0.139. The van der Waals surface area contributed by atoms with Crippen LogP contribution in [0.5, 0.6) is 0 Å².